The molecular formula is C19H19NO5S. The number of nitrogens with zero attached hydrogens (tertiary/aromatic N) is 1. The molecule has 0 radical (unpaired) electrons. The Labute approximate surface area is 152 Å². The number of amides is 1. The molecule has 0 atom stereocenters. The van der Waals surface area contributed by atoms with Gasteiger partial charge in [-0.3, -0.25) is 4.18 Å². The molecule has 1 amide bonds. The van der Waals surface area contributed by atoms with Gasteiger partial charge in [-0.15, -0.1) is 0 Å². The molecule has 0 bridgehead atoms. The number of carbonyl (C=O) groups is 1. The second kappa shape index (κ2) is 6.41. The molecule has 4 rings (SSSR count). The molecule has 1 saturated heterocycles. The van der Waals surface area contributed by atoms with Gasteiger partial charge in [0, 0.05) is 5.92 Å². The highest BCUT2D eigenvalue weighted by Gasteiger charge is 2.36. The predicted molar refractivity (Wildman–Crippen MR) is 96.4 cm³/mol. The smallest absolute Gasteiger partial charge is 0.409 e. The van der Waals surface area contributed by atoms with E-state index < -0.39 is 22.3 Å². The van der Waals surface area contributed by atoms with Gasteiger partial charge in [0.15, 0.2) is 0 Å². The Kier molecular flexibility index (Phi) is 4.20. The Morgan fingerprint density at radius 1 is 1.04 bits per heavy atom. The van der Waals surface area contributed by atoms with Crippen LogP contribution in [0.4, 0.5) is 4.79 Å². The highest BCUT2D eigenvalue weighted by atomic mass is 32.2. The second-order valence-electron chi connectivity index (χ2n) is 6.63. The molecule has 6 nitrogen and oxygen atoms in total. The summed E-state index contributed by atoms with van der Waals surface area (Å²) >= 11 is 0. The Balaban J connectivity index is 1.41. The van der Waals surface area contributed by atoms with E-state index in [2.05, 4.69) is 24.3 Å². The molecule has 0 saturated carbocycles. The van der Waals surface area contributed by atoms with E-state index in [4.69, 9.17) is 8.92 Å². The third-order valence-electron chi connectivity index (χ3n) is 4.75. The Morgan fingerprint density at radius 3 is 2.12 bits per heavy atom. The summed E-state index contributed by atoms with van der Waals surface area (Å²) in [4.78, 5) is 13.7. The van der Waals surface area contributed by atoms with Crippen molar-refractivity contribution in [2.24, 2.45) is 0 Å². The first-order valence-electron chi connectivity index (χ1n) is 8.40. The summed E-state index contributed by atoms with van der Waals surface area (Å²) in [6.07, 6.45) is 0.0777. The summed E-state index contributed by atoms with van der Waals surface area (Å²) in [7, 11) is -3.50. The van der Waals surface area contributed by atoms with E-state index in [1.165, 1.54) is 16.0 Å². The molecular weight excluding hydrogens is 354 g/mol. The van der Waals surface area contributed by atoms with E-state index in [9.17, 15) is 13.2 Å². The van der Waals surface area contributed by atoms with Crippen molar-refractivity contribution in [2.45, 2.75) is 12.0 Å². The first-order valence-corrected chi connectivity index (χ1v) is 10.2. The predicted octanol–water partition coefficient (Wildman–Crippen LogP) is 2.60. The zero-order chi connectivity index (χ0) is 18.3. The minimum absolute atomic E-state index is 0.00990. The zero-order valence-corrected chi connectivity index (χ0v) is 15.1. The lowest BCUT2D eigenvalue weighted by molar-refractivity contribution is 0.0137. The molecule has 1 aliphatic heterocycles. The van der Waals surface area contributed by atoms with Gasteiger partial charge < -0.3 is 9.64 Å². The number of benzene rings is 2. The van der Waals surface area contributed by atoms with E-state index >= 15 is 0 Å². The molecule has 2 aliphatic rings. The van der Waals surface area contributed by atoms with E-state index in [-0.39, 0.29) is 25.6 Å². The molecule has 1 fully saturated rings. The maximum atomic E-state index is 12.2. The number of ether oxygens (including phenoxy) is 1. The van der Waals surface area contributed by atoms with Crippen LogP contribution in [0.1, 0.15) is 17.0 Å². The number of hydrogen-bond acceptors (Lipinski definition) is 5. The van der Waals surface area contributed by atoms with E-state index in [0.717, 1.165) is 17.4 Å². The summed E-state index contributed by atoms with van der Waals surface area (Å²) in [5.41, 5.74) is 4.66. The van der Waals surface area contributed by atoms with Gasteiger partial charge in [-0.2, -0.15) is 8.42 Å². The largest absolute Gasteiger partial charge is 0.448 e. The minimum atomic E-state index is -3.50. The molecule has 2 aromatic carbocycles. The van der Waals surface area contributed by atoms with Crippen LogP contribution >= 0.6 is 0 Å². The summed E-state index contributed by atoms with van der Waals surface area (Å²) in [5, 5.41) is 0. The number of hydrogen-bond donors (Lipinski definition) is 0. The van der Waals surface area contributed by atoms with Crippen molar-refractivity contribution in [3.8, 4) is 11.1 Å². The third kappa shape index (κ3) is 3.20. The number of fused-ring (bicyclic) bond motifs is 3. The van der Waals surface area contributed by atoms with E-state index in [0.29, 0.717) is 0 Å². The standard InChI is InChI=1S/C19H19NO5S/c1-26(22,23)25-13-10-20(11-13)19(21)24-12-18-16-8-4-2-6-14(16)15-7-3-5-9-17(15)18/h2-9,13,18H,10-12H2,1H3. The van der Waals surface area contributed by atoms with Gasteiger partial charge in [0.2, 0.25) is 0 Å². The minimum Gasteiger partial charge on any atom is -0.448 e. The average Bonchev–Trinajstić information content (AvgIpc) is 2.89. The number of rotatable bonds is 4. The molecule has 2 aromatic rings. The van der Waals surface area contributed by atoms with Gasteiger partial charge >= 0.3 is 6.09 Å². The Bertz CT molecular complexity index is 904. The molecule has 1 heterocycles. The van der Waals surface area contributed by atoms with Crippen LogP contribution in [-0.4, -0.2) is 51.5 Å². The number of carbonyl (C=O) groups excluding carboxylic acids is 1. The fourth-order valence-electron chi connectivity index (χ4n) is 3.58. The summed E-state index contributed by atoms with van der Waals surface area (Å²) < 4.78 is 32.5. The van der Waals surface area contributed by atoms with Crippen molar-refractivity contribution in [3.05, 3.63) is 59.7 Å². The topological polar surface area (TPSA) is 72.9 Å². The van der Waals surface area contributed by atoms with Crippen LogP contribution in [0.2, 0.25) is 0 Å². The maximum Gasteiger partial charge on any atom is 0.409 e. The van der Waals surface area contributed by atoms with E-state index in [1.54, 1.807) is 0 Å². The Hall–Kier alpha value is -2.38. The highest BCUT2D eigenvalue weighted by Crippen LogP contribution is 2.44. The lowest BCUT2D eigenvalue weighted by Gasteiger charge is -2.37. The fraction of sp³-hybridized carbons (Fsp3) is 0.316. The van der Waals surface area contributed by atoms with Crippen LogP contribution < -0.4 is 0 Å². The molecule has 1 aliphatic carbocycles. The van der Waals surface area contributed by atoms with Crippen LogP contribution in [0.3, 0.4) is 0 Å². The fourth-order valence-corrected chi connectivity index (χ4v) is 4.20. The van der Waals surface area contributed by atoms with Crippen LogP contribution in [-0.2, 0) is 19.0 Å². The normalized spacial score (nSPS) is 16.7. The SMILES string of the molecule is CS(=O)(=O)OC1CN(C(=O)OCC2c3ccccc3-c3ccccc32)C1. The number of likely N-dealkylation sites (tertiary alicyclic amines) is 1. The maximum absolute atomic E-state index is 12.2. The van der Waals surface area contributed by atoms with Crippen molar-refractivity contribution in [1.82, 2.24) is 4.90 Å². The third-order valence-corrected chi connectivity index (χ3v) is 5.37. The molecule has 26 heavy (non-hydrogen) atoms. The van der Waals surface area contributed by atoms with Crippen LogP contribution in [0.25, 0.3) is 11.1 Å². The first kappa shape index (κ1) is 17.1. The lowest BCUT2D eigenvalue weighted by atomic mass is 9.98. The Morgan fingerprint density at radius 2 is 1.58 bits per heavy atom. The average molecular weight is 373 g/mol. The van der Waals surface area contributed by atoms with Crippen molar-refractivity contribution >= 4 is 16.2 Å². The van der Waals surface area contributed by atoms with Crippen molar-refractivity contribution in [1.29, 1.82) is 0 Å². The van der Waals surface area contributed by atoms with Gasteiger partial charge in [0.05, 0.1) is 19.3 Å². The van der Waals surface area contributed by atoms with Crippen LogP contribution in [0.5, 0.6) is 0 Å². The monoisotopic (exact) mass is 373 g/mol. The summed E-state index contributed by atoms with van der Waals surface area (Å²) in [6.45, 7) is 0.703. The molecule has 0 aromatic heterocycles. The molecule has 0 N–H and O–H groups in total. The van der Waals surface area contributed by atoms with Gasteiger partial charge in [0.25, 0.3) is 10.1 Å². The van der Waals surface area contributed by atoms with Crippen molar-refractivity contribution < 1.29 is 22.1 Å². The van der Waals surface area contributed by atoms with Gasteiger partial charge in [0.1, 0.15) is 12.7 Å². The summed E-state index contributed by atoms with van der Waals surface area (Å²) in [5.74, 6) is 0.00990. The molecule has 136 valence electrons. The zero-order valence-electron chi connectivity index (χ0n) is 14.3. The van der Waals surface area contributed by atoms with E-state index in [1.807, 2.05) is 24.3 Å². The highest BCUT2D eigenvalue weighted by molar-refractivity contribution is 7.86. The lowest BCUT2D eigenvalue weighted by Crippen LogP contribution is -2.55. The van der Waals surface area contributed by atoms with Crippen molar-refractivity contribution in [2.75, 3.05) is 26.0 Å². The van der Waals surface area contributed by atoms with Gasteiger partial charge in [-0.25, -0.2) is 4.79 Å². The molecule has 7 heteroatoms. The molecule has 0 spiro atoms. The quantitative estimate of drug-likeness (QED) is 0.771. The summed E-state index contributed by atoms with van der Waals surface area (Å²) in [6, 6.07) is 16.3. The van der Waals surface area contributed by atoms with Crippen molar-refractivity contribution in [3.63, 3.8) is 0 Å². The van der Waals surface area contributed by atoms with Gasteiger partial charge in [-0.05, 0) is 22.3 Å². The molecule has 0 unspecified atom stereocenters. The van der Waals surface area contributed by atoms with Gasteiger partial charge in [-0.1, -0.05) is 48.5 Å². The first-order chi connectivity index (χ1) is 12.4. The second-order valence-corrected chi connectivity index (χ2v) is 8.23. The van der Waals surface area contributed by atoms with Crippen LogP contribution in [0.15, 0.2) is 48.5 Å². The van der Waals surface area contributed by atoms with Crippen LogP contribution in [0, 0.1) is 0 Å².